The fourth-order valence-corrected chi connectivity index (χ4v) is 3.60. The molecule has 24 heavy (non-hydrogen) atoms. The van der Waals surface area contributed by atoms with E-state index in [0.29, 0.717) is 13.1 Å². The maximum atomic E-state index is 13.4. The SMILES string of the molecule is CC1CN(c2ccc(C#N)cc2C(F)(F)F)CC(c2ccsc2)O1. The van der Waals surface area contributed by atoms with Gasteiger partial charge in [-0.2, -0.15) is 29.8 Å². The van der Waals surface area contributed by atoms with Crippen LogP contribution in [0.2, 0.25) is 0 Å². The lowest BCUT2D eigenvalue weighted by Crippen LogP contribution is -2.43. The van der Waals surface area contributed by atoms with Crippen LogP contribution in [0.4, 0.5) is 18.9 Å². The Hall–Kier alpha value is -2.04. The van der Waals surface area contributed by atoms with Crippen LogP contribution in [0, 0.1) is 11.3 Å². The van der Waals surface area contributed by atoms with Gasteiger partial charge < -0.3 is 9.64 Å². The second-order valence-corrected chi connectivity index (χ2v) is 6.52. The van der Waals surface area contributed by atoms with Crippen LogP contribution in [-0.2, 0) is 10.9 Å². The molecule has 0 radical (unpaired) electrons. The third-order valence-electron chi connectivity index (χ3n) is 3.95. The molecule has 1 fully saturated rings. The van der Waals surface area contributed by atoms with Crippen LogP contribution in [0.5, 0.6) is 0 Å². The quantitative estimate of drug-likeness (QED) is 0.792. The molecule has 126 valence electrons. The summed E-state index contributed by atoms with van der Waals surface area (Å²) in [6, 6.07) is 7.41. The monoisotopic (exact) mass is 352 g/mol. The summed E-state index contributed by atoms with van der Waals surface area (Å²) < 4.78 is 46.1. The first kappa shape index (κ1) is 16.8. The Morgan fingerprint density at radius 1 is 1.29 bits per heavy atom. The van der Waals surface area contributed by atoms with Gasteiger partial charge in [-0.05, 0) is 47.5 Å². The number of morpholine rings is 1. The lowest BCUT2D eigenvalue weighted by Gasteiger charge is -2.39. The van der Waals surface area contributed by atoms with Crippen LogP contribution >= 0.6 is 11.3 Å². The van der Waals surface area contributed by atoms with Gasteiger partial charge in [-0.25, -0.2) is 0 Å². The van der Waals surface area contributed by atoms with Crippen LogP contribution < -0.4 is 4.90 Å². The fraction of sp³-hybridized carbons (Fsp3) is 0.353. The Balaban J connectivity index is 1.97. The first-order valence-corrected chi connectivity index (χ1v) is 8.36. The van der Waals surface area contributed by atoms with E-state index in [4.69, 9.17) is 10.00 Å². The fourth-order valence-electron chi connectivity index (χ4n) is 2.90. The maximum absolute atomic E-state index is 13.4. The average Bonchev–Trinajstić information content (AvgIpc) is 3.07. The molecule has 7 heteroatoms. The summed E-state index contributed by atoms with van der Waals surface area (Å²) in [5.74, 6) is 0. The van der Waals surface area contributed by atoms with Gasteiger partial charge in [0.15, 0.2) is 0 Å². The molecule has 2 atom stereocenters. The highest BCUT2D eigenvalue weighted by molar-refractivity contribution is 7.07. The predicted molar refractivity (Wildman–Crippen MR) is 86.0 cm³/mol. The van der Waals surface area contributed by atoms with Gasteiger partial charge in [0, 0.05) is 18.8 Å². The van der Waals surface area contributed by atoms with Crippen molar-refractivity contribution in [3.63, 3.8) is 0 Å². The molecule has 3 nitrogen and oxygen atoms in total. The number of nitriles is 1. The van der Waals surface area contributed by atoms with Crippen molar-refractivity contribution in [3.8, 4) is 6.07 Å². The minimum Gasteiger partial charge on any atom is -0.367 e. The molecule has 0 saturated carbocycles. The molecule has 1 aromatic carbocycles. The number of alkyl halides is 3. The van der Waals surface area contributed by atoms with E-state index in [2.05, 4.69) is 0 Å². The molecule has 2 heterocycles. The van der Waals surface area contributed by atoms with E-state index in [1.54, 1.807) is 11.0 Å². The lowest BCUT2D eigenvalue weighted by atomic mass is 10.0. The van der Waals surface area contributed by atoms with Gasteiger partial charge in [-0.3, -0.25) is 0 Å². The highest BCUT2D eigenvalue weighted by Crippen LogP contribution is 2.39. The molecular formula is C17H15F3N2OS. The number of benzene rings is 1. The number of hydrogen-bond donors (Lipinski definition) is 0. The Kier molecular flexibility index (Phi) is 4.52. The smallest absolute Gasteiger partial charge is 0.367 e. The zero-order chi connectivity index (χ0) is 17.3. The molecular weight excluding hydrogens is 337 g/mol. The lowest BCUT2D eigenvalue weighted by molar-refractivity contribution is -0.137. The van der Waals surface area contributed by atoms with E-state index in [0.717, 1.165) is 11.6 Å². The molecule has 1 saturated heterocycles. The number of ether oxygens (including phenoxy) is 1. The molecule has 3 rings (SSSR count). The molecule has 2 aromatic rings. The number of nitrogens with zero attached hydrogens (tertiary/aromatic N) is 2. The van der Waals surface area contributed by atoms with Crippen LogP contribution in [0.3, 0.4) is 0 Å². The minimum atomic E-state index is -4.51. The van der Waals surface area contributed by atoms with Crippen molar-refractivity contribution in [2.75, 3.05) is 18.0 Å². The third kappa shape index (κ3) is 3.40. The van der Waals surface area contributed by atoms with Gasteiger partial charge >= 0.3 is 6.18 Å². The summed E-state index contributed by atoms with van der Waals surface area (Å²) in [6.45, 7) is 2.56. The van der Waals surface area contributed by atoms with Crippen LogP contribution in [0.1, 0.15) is 29.7 Å². The molecule has 0 spiro atoms. The molecule has 1 aromatic heterocycles. The summed E-state index contributed by atoms with van der Waals surface area (Å²) in [5.41, 5.74) is 0.289. The summed E-state index contributed by atoms with van der Waals surface area (Å²) in [5, 5.41) is 12.8. The zero-order valence-corrected chi connectivity index (χ0v) is 13.7. The molecule has 2 unspecified atom stereocenters. The Labute approximate surface area is 141 Å². The van der Waals surface area contributed by atoms with Gasteiger partial charge in [0.1, 0.15) is 6.10 Å². The van der Waals surface area contributed by atoms with Gasteiger partial charge in [-0.15, -0.1) is 0 Å². The summed E-state index contributed by atoms with van der Waals surface area (Å²) in [7, 11) is 0. The predicted octanol–water partition coefficient (Wildman–Crippen LogP) is 4.60. The van der Waals surface area contributed by atoms with Crippen LogP contribution in [-0.4, -0.2) is 19.2 Å². The van der Waals surface area contributed by atoms with Crippen LogP contribution in [0.25, 0.3) is 0 Å². The summed E-state index contributed by atoms with van der Waals surface area (Å²) >= 11 is 1.53. The Morgan fingerprint density at radius 2 is 2.08 bits per heavy atom. The van der Waals surface area contributed by atoms with Crippen molar-refractivity contribution in [2.45, 2.75) is 25.3 Å². The average molecular weight is 352 g/mol. The summed E-state index contributed by atoms with van der Waals surface area (Å²) in [6.07, 6.45) is -4.97. The van der Waals surface area contributed by atoms with Crippen molar-refractivity contribution >= 4 is 17.0 Å². The molecule has 0 amide bonds. The number of thiophene rings is 1. The van der Waals surface area contributed by atoms with E-state index in [-0.39, 0.29) is 23.5 Å². The second-order valence-electron chi connectivity index (χ2n) is 5.74. The highest BCUT2D eigenvalue weighted by Gasteiger charge is 2.37. The topological polar surface area (TPSA) is 36.3 Å². The highest BCUT2D eigenvalue weighted by atomic mass is 32.1. The van der Waals surface area contributed by atoms with E-state index in [1.807, 2.05) is 23.8 Å². The first-order chi connectivity index (χ1) is 11.4. The number of anilines is 1. The number of rotatable bonds is 2. The van der Waals surface area contributed by atoms with E-state index < -0.39 is 11.7 Å². The molecule has 1 aliphatic heterocycles. The van der Waals surface area contributed by atoms with Gasteiger partial charge in [-0.1, -0.05) is 0 Å². The van der Waals surface area contributed by atoms with Gasteiger partial charge in [0.05, 0.1) is 23.3 Å². The summed E-state index contributed by atoms with van der Waals surface area (Å²) in [4.78, 5) is 1.69. The van der Waals surface area contributed by atoms with Crippen molar-refractivity contribution in [1.29, 1.82) is 5.26 Å². The van der Waals surface area contributed by atoms with E-state index >= 15 is 0 Å². The van der Waals surface area contributed by atoms with Gasteiger partial charge in [0.25, 0.3) is 0 Å². The van der Waals surface area contributed by atoms with Crippen molar-refractivity contribution in [3.05, 3.63) is 51.7 Å². The van der Waals surface area contributed by atoms with E-state index in [1.165, 1.54) is 23.5 Å². The van der Waals surface area contributed by atoms with Gasteiger partial charge in [0.2, 0.25) is 0 Å². The minimum absolute atomic E-state index is 0.00164. The molecule has 0 aliphatic carbocycles. The van der Waals surface area contributed by atoms with Crippen molar-refractivity contribution in [1.82, 2.24) is 0 Å². The largest absolute Gasteiger partial charge is 0.418 e. The molecule has 1 aliphatic rings. The van der Waals surface area contributed by atoms with Crippen molar-refractivity contribution < 1.29 is 17.9 Å². The maximum Gasteiger partial charge on any atom is 0.418 e. The normalized spacial score (nSPS) is 21.5. The standard InChI is InChI=1S/C17H15F3N2OS/c1-11-8-22(9-16(23-11)13-4-5-24-10-13)15-3-2-12(7-21)6-14(15)17(18,19)20/h2-6,10-11,16H,8-9H2,1H3. The third-order valence-corrected chi connectivity index (χ3v) is 4.65. The van der Waals surface area contributed by atoms with Crippen LogP contribution in [0.15, 0.2) is 35.0 Å². The Morgan fingerprint density at radius 3 is 2.71 bits per heavy atom. The first-order valence-electron chi connectivity index (χ1n) is 7.42. The zero-order valence-electron chi connectivity index (χ0n) is 12.9. The number of hydrogen-bond acceptors (Lipinski definition) is 4. The van der Waals surface area contributed by atoms with E-state index in [9.17, 15) is 13.2 Å². The molecule has 0 bridgehead atoms. The Bertz CT molecular complexity index is 752. The number of halogens is 3. The molecule has 0 N–H and O–H groups in total. The second kappa shape index (κ2) is 6.46. The van der Waals surface area contributed by atoms with Crippen molar-refractivity contribution in [2.24, 2.45) is 0 Å².